The Morgan fingerprint density at radius 2 is 1.74 bits per heavy atom. The second-order valence-electron chi connectivity index (χ2n) is 7.32. The third-order valence-electron chi connectivity index (χ3n) is 5.21. The van der Waals surface area contributed by atoms with E-state index >= 15 is 0 Å². The fourth-order valence-corrected chi connectivity index (χ4v) is 5.00. The van der Waals surface area contributed by atoms with Crippen LogP contribution < -0.4 is 9.80 Å². The van der Waals surface area contributed by atoms with Gasteiger partial charge in [-0.3, -0.25) is 0 Å². The molecule has 0 unspecified atom stereocenters. The molecule has 27 heavy (non-hydrogen) atoms. The summed E-state index contributed by atoms with van der Waals surface area (Å²) in [5.74, 6) is 1.82. The van der Waals surface area contributed by atoms with E-state index < -0.39 is 10.0 Å². The minimum absolute atomic E-state index is 0.159. The lowest BCUT2D eigenvalue weighted by Crippen LogP contribution is -2.48. The molecule has 1 saturated heterocycles. The fourth-order valence-electron chi connectivity index (χ4n) is 3.63. The van der Waals surface area contributed by atoms with Crippen LogP contribution in [0.3, 0.4) is 0 Å². The van der Waals surface area contributed by atoms with Gasteiger partial charge in [0.2, 0.25) is 0 Å². The van der Waals surface area contributed by atoms with Gasteiger partial charge < -0.3 is 14.8 Å². The van der Waals surface area contributed by atoms with E-state index in [1.54, 1.807) is 10.6 Å². The summed E-state index contributed by atoms with van der Waals surface area (Å²) in [6.07, 6.45) is 8.25. The monoisotopic (exact) mass is 391 g/mol. The van der Waals surface area contributed by atoms with E-state index in [0.717, 1.165) is 37.3 Å². The van der Waals surface area contributed by atoms with Gasteiger partial charge in [-0.05, 0) is 25.7 Å². The third kappa shape index (κ3) is 3.63. The van der Waals surface area contributed by atoms with Crippen molar-refractivity contribution in [2.45, 2.75) is 42.8 Å². The number of H-pyrrole nitrogens is 1. The van der Waals surface area contributed by atoms with Crippen molar-refractivity contribution in [3.05, 3.63) is 24.9 Å². The summed E-state index contributed by atoms with van der Waals surface area (Å²) in [7, 11) is 0.439. The van der Waals surface area contributed by atoms with Gasteiger partial charge in [0.25, 0.3) is 10.0 Å². The number of anilines is 2. The van der Waals surface area contributed by atoms with E-state index in [1.165, 1.54) is 12.5 Å². The van der Waals surface area contributed by atoms with E-state index in [-0.39, 0.29) is 11.1 Å². The maximum absolute atomic E-state index is 12.7. The molecule has 1 N–H and O–H groups in total. The van der Waals surface area contributed by atoms with Crippen LogP contribution in [-0.4, -0.2) is 71.9 Å². The predicted molar refractivity (Wildman–Crippen MR) is 102 cm³/mol. The second-order valence-corrected chi connectivity index (χ2v) is 9.22. The van der Waals surface area contributed by atoms with Crippen molar-refractivity contribution in [1.82, 2.24) is 24.2 Å². The Bertz CT molecular complexity index is 872. The van der Waals surface area contributed by atoms with Crippen LogP contribution in [0, 0.1) is 0 Å². The molecule has 2 aromatic heterocycles. The molecule has 10 heteroatoms. The highest BCUT2D eigenvalue weighted by molar-refractivity contribution is 7.89. The van der Waals surface area contributed by atoms with Gasteiger partial charge in [-0.2, -0.15) is 4.31 Å². The molecule has 1 saturated carbocycles. The fraction of sp³-hybridized carbons (Fsp3) is 0.588. The van der Waals surface area contributed by atoms with Crippen molar-refractivity contribution in [2.75, 3.05) is 37.0 Å². The van der Waals surface area contributed by atoms with Crippen LogP contribution in [0.5, 0.6) is 0 Å². The number of rotatable bonds is 6. The number of aromatic amines is 1. The molecule has 9 nitrogen and oxygen atoms in total. The zero-order valence-corrected chi connectivity index (χ0v) is 16.4. The van der Waals surface area contributed by atoms with Gasteiger partial charge in [0.1, 0.15) is 18.0 Å². The smallest absolute Gasteiger partial charge is 0.260 e. The lowest BCUT2D eigenvalue weighted by atomic mass is 10.0. The molecule has 0 aromatic carbocycles. The van der Waals surface area contributed by atoms with E-state index in [1.807, 2.05) is 25.1 Å². The molecular formula is C17H25N7O2S. The van der Waals surface area contributed by atoms with Gasteiger partial charge in [0.05, 0.1) is 12.5 Å². The van der Waals surface area contributed by atoms with Crippen molar-refractivity contribution < 1.29 is 8.42 Å². The first-order valence-electron chi connectivity index (χ1n) is 9.23. The second kappa shape index (κ2) is 7.08. The van der Waals surface area contributed by atoms with Crippen LogP contribution >= 0.6 is 0 Å². The lowest BCUT2D eigenvalue weighted by Gasteiger charge is -2.39. The van der Waals surface area contributed by atoms with Crippen LogP contribution in [0.1, 0.15) is 25.7 Å². The number of imidazole rings is 1. The Morgan fingerprint density at radius 1 is 1.07 bits per heavy atom. The molecule has 0 amide bonds. The normalized spacial score (nSPS) is 19.2. The number of hydrogen-bond acceptors (Lipinski definition) is 7. The molecule has 2 aromatic rings. The molecule has 0 spiro atoms. The molecule has 2 aliphatic rings. The van der Waals surface area contributed by atoms with Crippen molar-refractivity contribution in [3.63, 3.8) is 0 Å². The first-order valence-corrected chi connectivity index (χ1v) is 10.7. The molecule has 1 aliphatic heterocycles. The van der Waals surface area contributed by atoms with E-state index in [0.29, 0.717) is 19.1 Å². The van der Waals surface area contributed by atoms with E-state index in [2.05, 4.69) is 24.8 Å². The number of piperidine rings is 1. The zero-order chi connectivity index (χ0) is 19.0. The predicted octanol–water partition coefficient (Wildman–Crippen LogP) is 1.09. The van der Waals surface area contributed by atoms with E-state index in [9.17, 15) is 8.42 Å². The number of hydrogen-bond donors (Lipinski definition) is 1. The Morgan fingerprint density at radius 3 is 2.33 bits per heavy atom. The van der Waals surface area contributed by atoms with Gasteiger partial charge in [0, 0.05) is 45.3 Å². The van der Waals surface area contributed by atoms with Crippen LogP contribution in [0.2, 0.25) is 0 Å². The maximum Gasteiger partial charge on any atom is 0.260 e. The van der Waals surface area contributed by atoms with Crippen molar-refractivity contribution in [3.8, 4) is 0 Å². The Labute approximate surface area is 159 Å². The molecule has 146 valence electrons. The average Bonchev–Trinajstić information content (AvgIpc) is 3.33. The average molecular weight is 392 g/mol. The van der Waals surface area contributed by atoms with Gasteiger partial charge in [-0.25, -0.2) is 23.4 Å². The Balaban J connectivity index is 1.50. The number of aromatic nitrogens is 4. The lowest BCUT2D eigenvalue weighted by molar-refractivity contribution is 0.307. The van der Waals surface area contributed by atoms with Crippen LogP contribution in [0.4, 0.5) is 11.6 Å². The first-order chi connectivity index (χ1) is 13.0. The summed E-state index contributed by atoms with van der Waals surface area (Å²) < 4.78 is 26.9. The van der Waals surface area contributed by atoms with Crippen molar-refractivity contribution in [2.24, 2.45) is 0 Å². The quantitative estimate of drug-likeness (QED) is 0.787. The van der Waals surface area contributed by atoms with Crippen LogP contribution in [0.15, 0.2) is 29.9 Å². The van der Waals surface area contributed by atoms with Crippen LogP contribution in [0.25, 0.3) is 0 Å². The molecule has 0 bridgehead atoms. The standard InChI is InChI=1S/C17H25N7O2S/c1-22(2)15-9-16(20-12-19-15)24(13-3-4-13)14-5-7-23(8-6-14)27(25,26)17-10-18-11-21-17/h9-14H,3-8H2,1-2H3,(H,18,21). The Kier molecular flexibility index (Phi) is 4.77. The highest BCUT2D eigenvalue weighted by atomic mass is 32.2. The van der Waals surface area contributed by atoms with Gasteiger partial charge >= 0.3 is 0 Å². The van der Waals surface area contributed by atoms with E-state index in [4.69, 9.17) is 0 Å². The maximum atomic E-state index is 12.7. The molecule has 1 aliphatic carbocycles. The van der Waals surface area contributed by atoms with Crippen LogP contribution in [-0.2, 0) is 10.0 Å². The third-order valence-corrected chi connectivity index (χ3v) is 7.03. The van der Waals surface area contributed by atoms with Crippen molar-refractivity contribution in [1.29, 1.82) is 0 Å². The van der Waals surface area contributed by atoms with Gasteiger partial charge in [0.15, 0.2) is 5.03 Å². The number of nitrogens with zero attached hydrogens (tertiary/aromatic N) is 6. The van der Waals surface area contributed by atoms with Crippen molar-refractivity contribution >= 4 is 21.7 Å². The molecule has 4 rings (SSSR count). The summed E-state index contributed by atoms with van der Waals surface area (Å²) in [5, 5.41) is 0.159. The largest absolute Gasteiger partial charge is 0.363 e. The minimum Gasteiger partial charge on any atom is -0.363 e. The molecule has 2 fully saturated rings. The molecular weight excluding hydrogens is 366 g/mol. The first kappa shape index (κ1) is 18.2. The summed E-state index contributed by atoms with van der Waals surface area (Å²) in [5.41, 5.74) is 0. The topological polar surface area (TPSA) is 98.3 Å². The SMILES string of the molecule is CN(C)c1cc(N(C2CC2)C2CCN(S(=O)(=O)c3cnc[nH]3)CC2)ncn1. The number of nitrogens with one attached hydrogen (secondary N) is 1. The summed E-state index contributed by atoms with van der Waals surface area (Å²) in [4.78, 5) is 19.7. The van der Waals surface area contributed by atoms with Gasteiger partial charge in [-0.1, -0.05) is 0 Å². The Hall–Kier alpha value is -2.20. The number of sulfonamides is 1. The highest BCUT2D eigenvalue weighted by Gasteiger charge is 2.38. The summed E-state index contributed by atoms with van der Waals surface area (Å²) in [6, 6.07) is 2.80. The molecule has 0 radical (unpaired) electrons. The molecule has 3 heterocycles. The minimum atomic E-state index is -3.49. The zero-order valence-electron chi connectivity index (χ0n) is 15.6. The van der Waals surface area contributed by atoms with Gasteiger partial charge in [-0.15, -0.1) is 0 Å². The summed E-state index contributed by atoms with van der Waals surface area (Å²) in [6.45, 7) is 1.00. The summed E-state index contributed by atoms with van der Waals surface area (Å²) >= 11 is 0. The molecule has 0 atom stereocenters. The highest BCUT2D eigenvalue weighted by Crippen LogP contribution is 2.36.